The first kappa shape index (κ1) is 30.6. The largest absolute Gasteiger partial charge is 0.436 e. The van der Waals surface area contributed by atoms with Crippen LogP contribution in [0, 0.1) is 0 Å². The topological polar surface area (TPSA) is 64.7 Å². The fourth-order valence-electron chi connectivity index (χ4n) is 7.23. The van der Waals surface area contributed by atoms with Gasteiger partial charge in [-0.05, 0) is 68.6 Å². The Labute approximate surface area is 305 Å². The van der Waals surface area contributed by atoms with Crippen LogP contribution < -0.4 is 0 Å². The highest BCUT2D eigenvalue weighted by atomic mass is 16.3. The van der Waals surface area contributed by atoms with Gasteiger partial charge in [-0.25, -0.2) is 19.9 Å². The fourth-order valence-corrected chi connectivity index (χ4v) is 7.23. The molecule has 0 atom stereocenters. The molecule has 0 amide bonds. The molecule has 0 aliphatic heterocycles. The minimum atomic E-state index is 0.592. The first-order valence-corrected chi connectivity index (χ1v) is 17.6. The predicted octanol–water partition coefficient (Wildman–Crippen LogP) is 12.3. The lowest BCUT2D eigenvalue weighted by Gasteiger charge is -2.17. The summed E-state index contributed by atoms with van der Waals surface area (Å²) in [6, 6.07) is 62.4. The van der Waals surface area contributed by atoms with Crippen molar-refractivity contribution in [2.45, 2.75) is 0 Å². The van der Waals surface area contributed by atoms with E-state index in [4.69, 9.17) is 24.4 Å². The summed E-state index contributed by atoms with van der Waals surface area (Å²) in [4.78, 5) is 20.2. The molecule has 2 heterocycles. The minimum absolute atomic E-state index is 0.592. The predicted molar refractivity (Wildman–Crippen MR) is 215 cm³/mol. The van der Waals surface area contributed by atoms with Gasteiger partial charge in [-0.15, -0.1) is 0 Å². The second-order valence-corrected chi connectivity index (χ2v) is 13.0. The van der Waals surface area contributed by atoms with Gasteiger partial charge in [0, 0.05) is 27.8 Å². The second kappa shape index (κ2) is 12.8. The molecule has 248 valence electrons. The molecular weight excluding hydrogens is 649 g/mol. The van der Waals surface area contributed by atoms with E-state index in [-0.39, 0.29) is 0 Å². The van der Waals surface area contributed by atoms with E-state index < -0.39 is 0 Å². The summed E-state index contributed by atoms with van der Waals surface area (Å²) < 4.78 is 6.36. The van der Waals surface area contributed by atoms with Gasteiger partial charge < -0.3 is 4.42 Å². The van der Waals surface area contributed by atoms with Crippen LogP contribution in [0.2, 0.25) is 0 Å². The van der Waals surface area contributed by atoms with E-state index in [9.17, 15) is 0 Å². The Morgan fingerprint density at radius 3 is 1.57 bits per heavy atom. The summed E-state index contributed by atoms with van der Waals surface area (Å²) in [5, 5.41) is 4.74. The minimum Gasteiger partial charge on any atom is -0.436 e. The zero-order chi connectivity index (χ0) is 35.1. The Hall–Kier alpha value is -7.24. The normalized spacial score (nSPS) is 11.4. The molecule has 0 spiro atoms. The number of benzene rings is 8. The Morgan fingerprint density at radius 1 is 0.321 bits per heavy atom. The van der Waals surface area contributed by atoms with Gasteiger partial charge in [-0.2, -0.15) is 0 Å². The third kappa shape index (κ3) is 5.52. The van der Waals surface area contributed by atoms with Gasteiger partial charge in [0.1, 0.15) is 5.52 Å². The molecule has 0 fully saturated rings. The van der Waals surface area contributed by atoms with Crippen LogP contribution in [0.15, 0.2) is 186 Å². The van der Waals surface area contributed by atoms with Crippen LogP contribution in [0.1, 0.15) is 0 Å². The van der Waals surface area contributed by atoms with Crippen molar-refractivity contribution in [3.05, 3.63) is 182 Å². The quantitative estimate of drug-likeness (QED) is 0.164. The molecule has 0 bridgehead atoms. The van der Waals surface area contributed by atoms with Crippen LogP contribution in [-0.2, 0) is 0 Å². The van der Waals surface area contributed by atoms with Gasteiger partial charge in [0.15, 0.2) is 23.1 Å². The number of fused-ring (bicyclic) bond motifs is 4. The maximum Gasteiger partial charge on any atom is 0.227 e. The van der Waals surface area contributed by atoms with E-state index in [1.54, 1.807) is 0 Å². The van der Waals surface area contributed by atoms with Gasteiger partial charge in [-0.1, -0.05) is 152 Å². The number of oxazole rings is 1. The third-order valence-electron chi connectivity index (χ3n) is 9.77. The van der Waals surface area contributed by atoms with E-state index in [1.165, 1.54) is 16.2 Å². The zero-order valence-corrected chi connectivity index (χ0v) is 28.5. The smallest absolute Gasteiger partial charge is 0.227 e. The Kier molecular flexibility index (Phi) is 7.40. The van der Waals surface area contributed by atoms with Crippen molar-refractivity contribution >= 4 is 32.6 Å². The summed E-state index contributed by atoms with van der Waals surface area (Å²) in [5.41, 5.74) is 9.39. The molecule has 0 unspecified atom stereocenters. The number of aromatic nitrogens is 4. The second-order valence-electron chi connectivity index (χ2n) is 13.0. The third-order valence-corrected chi connectivity index (χ3v) is 9.77. The van der Waals surface area contributed by atoms with Gasteiger partial charge in [0.05, 0.1) is 0 Å². The molecule has 10 aromatic rings. The standard InChI is InChI=1S/C48H30N4O/c1-4-15-31(16-5-1)45-50-46(32-17-6-2-7-18-32)52-47(51-45)35-27-28-39(40-25-14-26-43-44(40)49-48(53-43)33-19-8-3-9-20-33)42(30-35)41-29-34-21-10-11-22-36(34)37-23-12-13-24-38(37)41/h1-30H. The van der Waals surface area contributed by atoms with Crippen molar-refractivity contribution in [1.82, 2.24) is 19.9 Å². The molecule has 0 saturated heterocycles. The maximum atomic E-state index is 6.36. The molecule has 0 saturated carbocycles. The Balaban J connectivity index is 1.25. The highest BCUT2D eigenvalue weighted by molar-refractivity contribution is 6.15. The van der Waals surface area contributed by atoms with Crippen LogP contribution in [0.4, 0.5) is 0 Å². The average Bonchev–Trinajstić information content (AvgIpc) is 3.69. The molecule has 0 N–H and O–H groups in total. The van der Waals surface area contributed by atoms with E-state index in [1.807, 2.05) is 103 Å². The van der Waals surface area contributed by atoms with Crippen molar-refractivity contribution in [2.24, 2.45) is 0 Å². The summed E-state index contributed by atoms with van der Waals surface area (Å²) in [7, 11) is 0. The van der Waals surface area contributed by atoms with E-state index in [0.29, 0.717) is 23.4 Å². The van der Waals surface area contributed by atoms with E-state index in [2.05, 4.69) is 78.9 Å². The van der Waals surface area contributed by atoms with Crippen molar-refractivity contribution in [2.75, 3.05) is 0 Å². The SMILES string of the molecule is c1ccc(-c2nc(-c3ccccc3)nc(-c3ccc(-c4cccc5oc(-c6ccccc6)nc45)c(-c4cc5ccccc5c5ccccc45)c3)n2)cc1. The molecule has 5 heteroatoms. The first-order valence-electron chi connectivity index (χ1n) is 17.6. The molecule has 8 aromatic carbocycles. The van der Waals surface area contributed by atoms with Gasteiger partial charge in [-0.3, -0.25) is 0 Å². The fraction of sp³-hybridized carbons (Fsp3) is 0. The molecular formula is C48H30N4O. The zero-order valence-electron chi connectivity index (χ0n) is 28.5. The molecule has 5 nitrogen and oxygen atoms in total. The van der Waals surface area contributed by atoms with Gasteiger partial charge in [0.2, 0.25) is 5.89 Å². The Morgan fingerprint density at radius 2 is 0.887 bits per heavy atom. The summed E-state index contributed by atoms with van der Waals surface area (Å²) in [5.74, 6) is 2.44. The number of nitrogens with zero attached hydrogens (tertiary/aromatic N) is 4. The highest BCUT2D eigenvalue weighted by Gasteiger charge is 2.20. The number of hydrogen-bond acceptors (Lipinski definition) is 5. The van der Waals surface area contributed by atoms with Crippen LogP contribution in [0.25, 0.3) is 101 Å². The van der Waals surface area contributed by atoms with Crippen LogP contribution in [-0.4, -0.2) is 19.9 Å². The van der Waals surface area contributed by atoms with Crippen LogP contribution in [0.3, 0.4) is 0 Å². The summed E-state index contributed by atoms with van der Waals surface area (Å²) >= 11 is 0. The van der Waals surface area contributed by atoms with Gasteiger partial charge >= 0.3 is 0 Å². The Bertz CT molecular complexity index is 2880. The monoisotopic (exact) mass is 678 g/mol. The maximum absolute atomic E-state index is 6.36. The van der Waals surface area contributed by atoms with E-state index >= 15 is 0 Å². The molecule has 2 aromatic heterocycles. The molecule has 53 heavy (non-hydrogen) atoms. The lowest BCUT2D eigenvalue weighted by Crippen LogP contribution is -2.00. The highest BCUT2D eigenvalue weighted by Crippen LogP contribution is 2.43. The first-order chi connectivity index (χ1) is 26.3. The lowest BCUT2D eigenvalue weighted by atomic mass is 9.87. The lowest BCUT2D eigenvalue weighted by molar-refractivity contribution is 0.620. The number of rotatable bonds is 6. The molecule has 0 aliphatic rings. The number of hydrogen-bond donors (Lipinski definition) is 0. The van der Waals surface area contributed by atoms with Crippen molar-refractivity contribution < 1.29 is 4.42 Å². The van der Waals surface area contributed by atoms with Gasteiger partial charge in [0.25, 0.3) is 0 Å². The van der Waals surface area contributed by atoms with Crippen molar-refractivity contribution in [3.8, 4) is 67.9 Å². The van der Waals surface area contributed by atoms with Crippen LogP contribution >= 0.6 is 0 Å². The van der Waals surface area contributed by atoms with Crippen molar-refractivity contribution in [3.63, 3.8) is 0 Å². The average molecular weight is 679 g/mol. The van der Waals surface area contributed by atoms with Crippen molar-refractivity contribution in [1.29, 1.82) is 0 Å². The number of para-hydroxylation sites is 1. The molecule has 0 radical (unpaired) electrons. The summed E-state index contributed by atoms with van der Waals surface area (Å²) in [6.07, 6.45) is 0. The molecule has 10 rings (SSSR count). The van der Waals surface area contributed by atoms with Crippen LogP contribution in [0.5, 0.6) is 0 Å². The summed E-state index contributed by atoms with van der Waals surface area (Å²) in [6.45, 7) is 0. The molecule has 0 aliphatic carbocycles. The van der Waals surface area contributed by atoms with E-state index in [0.717, 1.165) is 61.0 Å².